The van der Waals surface area contributed by atoms with Gasteiger partial charge in [-0.3, -0.25) is 4.79 Å². The van der Waals surface area contributed by atoms with Gasteiger partial charge in [0, 0.05) is 16.6 Å². The largest absolute Gasteiger partial charge is 0.459 e. The molecule has 0 saturated carbocycles. The van der Waals surface area contributed by atoms with Crippen LogP contribution in [0.2, 0.25) is 5.02 Å². The summed E-state index contributed by atoms with van der Waals surface area (Å²) in [5.74, 6) is 0.421. The third-order valence-corrected chi connectivity index (χ3v) is 3.91. The molecule has 0 unspecified atom stereocenters. The molecule has 0 fully saturated rings. The fourth-order valence-electron chi connectivity index (χ4n) is 2.19. The van der Waals surface area contributed by atoms with Gasteiger partial charge in [-0.2, -0.15) is 0 Å². The van der Waals surface area contributed by atoms with Gasteiger partial charge in [-0.05, 0) is 43.3 Å². The van der Waals surface area contributed by atoms with Gasteiger partial charge >= 0.3 is 0 Å². The molecule has 0 bridgehead atoms. The molecule has 112 valence electrons. The van der Waals surface area contributed by atoms with Crippen molar-refractivity contribution >= 4 is 40.7 Å². The number of nitrogens with one attached hydrogen (secondary N) is 2. The Kier molecular flexibility index (Phi) is 4.00. The Hall–Kier alpha value is -2.11. The first-order valence-corrected chi connectivity index (χ1v) is 7.51. The van der Waals surface area contributed by atoms with E-state index < -0.39 is 0 Å². The lowest BCUT2D eigenvalue weighted by Crippen LogP contribution is -2.26. The summed E-state index contributed by atoms with van der Waals surface area (Å²) in [4.78, 5) is 15.1. The van der Waals surface area contributed by atoms with Crippen LogP contribution >= 0.6 is 23.8 Å². The van der Waals surface area contributed by atoms with Crippen LogP contribution in [0.15, 0.2) is 47.0 Å². The smallest absolute Gasteiger partial charge is 0.254 e. The van der Waals surface area contributed by atoms with Crippen molar-refractivity contribution in [1.82, 2.24) is 10.3 Å². The molecule has 1 atom stereocenters. The number of benzene rings is 1. The van der Waals surface area contributed by atoms with Gasteiger partial charge in [0.15, 0.2) is 0 Å². The van der Waals surface area contributed by atoms with Crippen LogP contribution in [0.3, 0.4) is 0 Å². The summed E-state index contributed by atoms with van der Waals surface area (Å²) in [5, 5.41) is 4.43. The van der Waals surface area contributed by atoms with Gasteiger partial charge in [0.05, 0.1) is 11.6 Å². The van der Waals surface area contributed by atoms with Gasteiger partial charge in [-0.25, -0.2) is 0 Å². The molecular formula is C16H13ClN2O2S. The van der Waals surface area contributed by atoms with Crippen LogP contribution in [0.1, 0.15) is 29.1 Å². The van der Waals surface area contributed by atoms with Gasteiger partial charge in [0.25, 0.3) is 5.91 Å². The first kappa shape index (κ1) is 14.8. The zero-order valence-electron chi connectivity index (χ0n) is 11.7. The molecule has 2 N–H and O–H groups in total. The molecule has 3 rings (SSSR count). The molecule has 22 heavy (non-hydrogen) atoms. The summed E-state index contributed by atoms with van der Waals surface area (Å²) in [7, 11) is 0. The Morgan fingerprint density at radius 1 is 1.36 bits per heavy atom. The molecule has 0 spiro atoms. The normalized spacial score (nSPS) is 12.3. The van der Waals surface area contributed by atoms with Crippen LogP contribution in [0.5, 0.6) is 0 Å². The lowest BCUT2D eigenvalue weighted by atomic mass is 10.2. The van der Waals surface area contributed by atoms with E-state index in [1.165, 1.54) is 0 Å². The number of rotatable bonds is 3. The predicted octanol–water partition coefficient (Wildman–Crippen LogP) is 4.63. The third-order valence-electron chi connectivity index (χ3n) is 3.33. The van der Waals surface area contributed by atoms with E-state index in [0.717, 1.165) is 11.0 Å². The van der Waals surface area contributed by atoms with E-state index in [0.29, 0.717) is 21.0 Å². The molecule has 0 saturated heterocycles. The number of fused-ring (bicyclic) bond motifs is 1. The van der Waals surface area contributed by atoms with Crippen molar-refractivity contribution in [1.29, 1.82) is 0 Å². The minimum atomic E-state index is -0.284. The van der Waals surface area contributed by atoms with E-state index in [-0.39, 0.29) is 11.9 Å². The lowest BCUT2D eigenvalue weighted by molar-refractivity contribution is 0.0935. The van der Waals surface area contributed by atoms with Gasteiger partial charge in [-0.1, -0.05) is 23.8 Å². The topological polar surface area (TPSA) is 58.0 Å². The maximum atomic E-state index is 12.3. The average Bonchev–Trinajstić information content (AvgIpc) is 2.90. The average molecular weight is 333 g/mol. The number of hydrogen-bond acceptors (Lipinski definition) is 3. The summed E-state index contributed by atoms with van der Waals surface area (Å²) in [6.45, 7) is 1.85. The second kappa shape index (κ2) is 5.94. The second-order valence-electron chi connectivity index (χ2n) is 4.94. The third kappa shape index (κ3) is 2.91. The van der Waals surface area contributed by atoms with Crippen molar-refractivity contribution in [2.45, 2.75) is 13.0 Å². The minimum absolute atomic E-state index is 0.243. The molecule has 0 aliphatic rings. The summed E-state index contributed by atoms with van der Waals surface area (Å²) < 4.78 is 6.15. The number of pyridine rings is 1. The number of carbonyl (C=O) groups is 1. The van der Waals surface area contributed by atoms with E-state index in [1.807, 2.05) is 25.1 Å². The van der Waals surface area contributed by atoms with Crippen molar-refractivity contribution in [2.24, 2.45) is 0 Å². The molecule has 0 radical (unpaired) electrons. The standard InChI is InChI=1S/C16H13ClN2O2S/c1-9(19-15(20)12-3-2-6-18-16(12)22)14-8-10-7-11(17)4-5-13(10)21-14/h2-9H,1H3,(H,18,22)(H,19,20)/t9-/m1/s1. The van der Waals surface area contributed by atoms with E-state index in [2.05, 4.69) is 10.3 Å². The number of halogens is 1. The molecule has 1 amide bonds. The Morgan fingerprint density at radius 3 is 2.95 bits per heavy atom. The van der Waals surface area contributed by atoms with Crippen molar-refractivity contribution < 1.29 is 9.21 Å². The van der Waals surface area contributed by atoms with Gasteiger partial charge in [-0.15, -0.1) is 0 Å². The highest BCUT2D eigenvalue weighted by Gasteiger charge is 2.16. The highest BCUT2D eigenvalue weighted by Crippen LogP contribution is 2.26. The molecule has 2 aromatic heterocycles. The number of aromatic amines is 1. The van der Waals surface area contributed by atoms with Crippen molar-refractivity contribution in [3.63, 3.8) is 0 Å². The van der Waals surface area contributed by atoms with Gasteiger partial charge in [0.1, 0.15) is 16.0 Å². The predicted molar refractivity (Wildman–Crippen MR) is 88.7 cm³/mol. The van der Waals surface area contributed by atoms with Crippen LogP contribution in [0, 0.1) is 4.64 Å². The van der Waals surface area contributed by atoms with Crippen LogP contribution in [-0.2, 0) is 0 Å². The fourth-order valence-corrected chi connectivity index (χ4v) is 2.60. The lowest BCUT2D eigenvalue weighted by Gasteiger charge is -2.11. The maximum absolute atomic E-state index is 12.3. The fraction of sp³-hybridized carbons (Fsp3) is 0.125. The number of aromatic nitrogens is 1. The van der Waals surface area contributed by atoms with Crippen molar-refractivity contribution in [3.8, 4) is 0 Å². The molecule has 1 aromatic carbocycles. The van der Waals surface area contributed by atoms with Crippen molar-refractivity contribution in [2.75, 3.05) is 0 Å². The van der Waals surface area contributed by atoms with Crippen LogP contribution < -0.4 is 5.32 Å². The summed E-state index contributed by atoms with van der Waals surface area (Å²) >= 11 is 11.1. The molecule has 3 aromatic rings. The Balaban J connectivity index is 1.84. The molecule has 4 nitrogen and oxygen atoms in total. The van der Waals surface area contributed by atoms with E-state index in [1.54, 1.807) is 24.4 Å². The molecular weight excluding hydrogens is 320 g/mol. The minimum Gasteiger partial charge on any atom is -0.459 e. The maximum Gasteiger partial charge on any atom is 0.254 e. The Labute approximate surface area is 137 Å². The zero-order chi connectivity index (χ0) is 15.7. The molecule has 2 heterocycles. The van der Waals surface area contributed by atoms with Crippen LogP contribution in [0.25, 0.3) is 11.0 Å². The Morgan fingerprint density at radius 2 is 2.18 bits per heavy atom. The highest BCUT2D eigenvalue weighted by molar-refractivity contribution is 7.71. The first-order valence-electron chi connectivity index (χ1n) is 6.72. The second-order valence-corrected chi connectivity index (χ2v) is 5.78. The van der Waals surface area contributed by atoms with E-state index >= 15 is 0 Å². The van der Waals surface area contributed by atoms with Gasteiger partial charge in [0.2, 0.25) is 0 Å². The van der Waals surface area contributed by atoms with Crippen LogP contribution in [-0.4, -0.2) is 10.9 Å². The van der Waals surface area contributed by atoms with Crippen LogP contribution in [0.4, 0.5) is 0 Å². The van der Waals surface area contributed by atoms with Crippen molar-refractivity contribution in [3.05, 3.63) is 63.6 Å². The highest BCUT2D eigenvalue weighted by atomic mass is 35.5. The number of amides is 1. The monoisotopic (exact) mass is 332 g/mol. The molecule has 0 aliphatic carbocycles. The molecule has 6 heteroatoms. The number of H-pyrrole nitrogens is 1. The zero-order valence-corrected chi connectivity index (χ0v) is 13.3. The SMILES string of the molecule is C[C@@H](NC(=O)c1ccc[nH]c1=S)c1cc2cc(Cl)ccc2o1. The van der Waals surface area contributed by atoms with E-state index in [4.69, 9.17) is 28.2 Å². The van der Waals surface area contributed by atoms with E-state index in [9.17, 15) is 4.79 Å². The Bertz CT molecular complexity index is 900. The number of furan rings is 1. The molecule has 0 aliphatic heterocycles. The van der Waals surface area contributed by atoms with Gasteiger partial charge < -0.3 is 14.7 Å². The number of hydrogen-bond donors (Lipinski definition) is 2. The quantitative estimate of drug-likeness (QED) is 0.687. The summed E-state index contributed by atoms with van der Waals surface area (Å²) in [6, 6.07) is 10.4. The summed E-state index contributed by atoms with van der Waals surface area (Å²) in [5.41, 5.74) is 1.17. The first-order chi connectivity index (χ1) is 10.5. The number of carbonyl (C=O) groups excluding carboxylic acids is 1. The summed E-state index contributed by atoms with van der Waals surface area (Å²) in [6.07, 6.45) is 1.69.